The Morgan fingerprint density at radius 2 is 2.12 bits per heavy atom. The predicted molar refractivity (Wildman–Crippen MR) is 88.6 cm³/mol. The lowest BCUT2D eigenvalue weighted by Gasteiger charge is -2.16. The Kier molecular flexibility index (Phi) is 5.32. The molecule has 3 rings (SSSR count). The molecule has 2 aromatic heterocycles. The first-order chi connectivity index (χ1) is 11.8. The monoisotopic (exact) mass is 330 g/mol. The molecule has 128 valence electrons. The normalized spacial score (nSPS) is 14.1. The molecule has 1 aliphatic heterocycles. The third kappa shape index (κ3) is 4.05. The van der Waals surface area contributed by atoms with E-state index in [1.807, 2.05) is 6.07 Å². The minimum Gasteiger partial charge on any atom is -0.357 e. The van der Waals surface area contributed by atoms with Gasteiger partial charge in [0.1, 0.15) is 12.1 Å². The van der Waals surface area contributed by atoms with E-state index in [1.54, 1.807) is 17.2 Å². The van der Waals surface area contributed by atoms with E-state index in [9.17, 15) is 4.79 Å². The number of rotatable bonds is 7. The van der Waals surface area contributed by atoms with Crippen LogP contribution >= 0.6 is 0 Å². The number of hydrogen-bond acceptors (Lipinski definition) is 7. The quantitative estimate of drug-likeness (QED) is 0.710. The van der Waals surface area contributed by atoms with Crippen molar-refractivity contribution >= 4 is 11.7 Å². The molecule has 0 spiro atoms. The van der Waals surface area contributed by atoms with Crippen molar-refractivity contribution in [3.8, 4) is 0 Å². The molecule has 0 atom stereocenters. The van der Waals surface area contributed by atoms with Crippen molar-refractivity contribution in [3.63, 3.8) is 0 Å². The van der Waals surface area contributed by atoms with Crippen molar-refractivity contribution in [2.75, 3.05) is 31.1 Å². The summed E-state index contributed by atoms with van der Waals surface area (Å²) in [6.07, 6.45) is 6.24. The van der Waals surface area contributed by atoms with Gasteiger partial charge in [0.25, 0.3) is 5.91 Å². The third-order valence-corrected chi connectivity index (χ3v) is 3.94. The van der Waals surface area contributed by atoms with Gasteiger partial charge < -0.3 is 16.0 Å². The maximum Gasteiger partial charge on any atom is 0.273 e. The molecule has 24 heavy (non-hydrogen) atoms. The number of amides is 1. The van der Waals surface area contributed by atoms with E-state index >= 15 is 0 Å². The topological polar surface area (TPSA) is 115 Å². The Hall–Kier alpha value is -2.55. The summed E-state index contributed by atoms with van der Waals surface area (Å²) < 4.78 is 1.56. The Balaban J connectivity index is 1.50. The molecule has 1 aliphatic rings. The fraction of sp³-hybridized carbons (Fsp3) is 0.533. The van der Waals surface area contributed by atoms with Crippen LogP contribution in [0.3, 0.4) is 0 Å². The van der Waals surface area contributed by atoms with Crippen LogP contribution in [0.25, 0.3) is 0 Å². The van der Waals surface area contributed by atoms with Crippen molar-refractivity contribution in [1.82, 2.24) is 30.3 Å². The number of nitrogens with zero attached hydrogens (tertiary/aromatic N) is 6. The van der Waals surface area contributed by atoms with Gasteiger partial charge in [-0.2, -0.15) is 0 Å². The minimum absolute atomic E-state index is 0.243. The molecule has 9 nitrogen and oxygen atoms in total. The Morgan fingerprint density at radius 3 is 2.92 bits per heavy atom. The number of carbonyl (C=O) groups is 1. The number of nitrogens with one attached hydrogen (secondary N) is 1. The summed E-state index contributed by atoms with van der Waals surface area (Å²) in [6.45, 7) is 3.58. The second kappa shape index (κ2) is 7.82. The molecule has 0 bridgehead atoms. The molecule has 0 radical (unpaired) electrons. The van der Waals surface area contributed by atoms with Gasteiger partial charge in [-0.1, -0.05) is 5.21 Å². The number of hydrogen-bond donors (Lipinski definition) is 2. The Morgan fingerprint density at radius 1 is 1.29 bits per heavy atom. The summed E-state index contributed by atoms with van der Waals surface area (Å²) in [7, 11) is 0. The first kappa shape index (κ1) is 16.3. The van der Waals surface area contributed by atoms with Crippen LogP contribution in [0.1, 0.15) is 29.0 Å². The van der Waals surface area contributed by atoms with E-state index in [0.717, 1.165) is 24.6 Å². The lowest BCUT2D eigenvalue weighted by molar-refractivity contribution is 0.0949. The highest BCUT2D eigenvalue weighted by atomic mass is 16.2. The second-order valence-electron chi connectivity index (χ2n) is 5.72. The summed E-state index contributed by atoms with van der Waals surface area (Å²) in [5.74, 6) is 0.723. The number of nitrogens with two attached hydrogens (primary N) is 1. The molecule has 1 amide bonds. The molecule has 3 N–H and O–H groups in total. The van der Waals surface area contributed by atoms with Crippen LogP contribution in [0.2, 0.25) is 0 Å². The van der Waals surface area contributed by atoms with Gasteiger partial charge in [-0.25, -0.2) is 9.97 Å². The van der Waals surface area contributed by atoms with Gasteiger partial charge in [-0.3, -0.25) is 9.48 Å². The van der Waals surface area contributed by atoms with E-state index in [0.29, 0.717) is 31.7 Å². The standard InChI is InChI=1S/C15H22N8O/c16-4-8-23-10-13(20-21-23)15(24)17-5-3-12-9-14(19-11-18-12)22-6-1-2-7-22/h9-11H,1-8,16H2,(H,17,24). The molecular formula is C15H22N8O. The van der Waals surface area contributed by atoms with Crippen LogP contribution in [-0.2, 0) is 13.0 Å². The number of anilines is 1. The molecule has 1 saturated heterocycles. The van der Waals surface area contributed by atoms with Gasteiger partial charge in [0.2, 0.25) is 0 Å². The molecule has 0 saturated carbocycles. The highest BCUT2D eigenvalue weighted by Gasteiger charge is 2.14. The molecule has 0 aromatic carbocycles. The van der Waals surface area contributed by atoms with Crippen molar-refractivity contribution in [1.29, 1.82) is 0 Å². The third-order valence-electron chi connectivity index (χ3n) is 3.94. The first-order valence-corrected chi connectivity index (χ1v) is 8.20. The van der Waals surface area contributed by atoms with Crippen LogP contribution in [0, 0.1) is 0 Å². The maximum absolute atomic E-state index is 12.0. The van der Waals surface area contributed by atoms with Crippen LogP contribution in [0.15, 0.2) is 18.6 Å². The zero-order valence-electron chi connectivity index (χ0n) is 13.6. The van der Waals surface area contributed by atoms with Crippen LogP contribution in [-0.4, -0.2) is 57.0 Å². The zero-order valence-corrected chi connectivity index (χ0v) is 13.6. The van der Waals surface area contributed by atoms with E-state index in [1.165, 1.54) is 12.8 Å². The smallest absolute Gasteiger partial charge is 0.273 e. The molecule has 3 heterocycles. The number of aromatic nitrogens is 5. The van der Waals surface area contributed by atoms with Crippen LogP contribution < -0.4 is 16.0 Å². The second-order valence-corrected chi connectivity index (χ2v) is 5.72. The zero-order chi connectivity index (χ0) is 16.8. The lowest BCUT2D eigenvalue weighted by atomic mass is 10.2. The van der Waals surface area contributed by atoms with Gasteiger partial charge in [0.15, 0.2) is 5.69 Å². The van der Waals surface area contributed by atoms with Crippen LogP contribution in [0.5, 0.6) is 0 Å². The fourth-order valence-electron chi connectivity index (χ4n) is 2.68. The van der Waals surface area contributed by atoms with E-state index < -0.39 is 0 Å². The first-order valence-electron chi connectivity index (χ1n) is 8.20. The Bertz CT molecular complexity index is 680. The van der Waals surface area contributed by atoms with Gasteiger partial charge in [0.05, 0.1) is 12.7 Å². The summed E-state index contributed by atoms with van der Waals surface area (Å²) in [6, 6.07) is 2.00. The van der Waals surface area contributed by atoms with Crippen molar-refractivity contribution in [3.05, 3.63) is 30.0 Å². The van der Waals surface area contributed by atoms with E-state index in [4.69, 9.17) is 5.73 Å². The van der Waals surface area contributed by atoms with E-state index in [-0.39, 0.29) is 5.91 Å². The van der Waals surface area contributed by atoms with Gasteiger partial charge in [0, 0.05) is 44.4 Å². The number of carbonyl (C=O) groups excluding carboxylic acids is 1. The highest BCUT2D eigenvalue weighted by Crippen LogP contribution is 2.17. The minimum atomic E-state index is -0.243. The fourth-order valence-corrected chi connectivity index (χ4v) is 2.68. The summed E-state index contributed by atoms with van der Waals surface area (Å²) in [5, 5.41) is 10.5. The Labute approximate surface area is 140 Å². The molecule has 0 aliphatic carbocycles. The van der Waals surface area contributed by atoms with Crippen molar-refractivity contribution < 1.29 is 4.79 Å². The van der Waals surface area contributed by atoms with Crippen molar-refractivity contribution in [2.24, 2.45) is 5.73 Å². The molecule has 1 fully saturated rings. The molecular weight excluding hydrogens is 308 g/mol. The van der Waals surface area contributed by atoms with Gasteiger partial charge >= 0.3 is 0 Å². The highest BCUT2D eigenvalue weighted by molar-refractivity contribution is 5.91. The summed E-state index contributed by atoms with van der Waals surface area (Å²) in [4.78, 5) is 22.9. The van der Waals surface area contributed by atoms with Gasteiger partial charge in [-0.15, -0.1) is 5.10 Å². The van der Waals surface area contributed by atoms with Gasteiger partial charge in [-0.05, 0) is 12.8 Å². The summed E-state index contributed by atoms with van der Waals surface area (Å²) in [5.41, 5.74) is 6.65. The maximum atomic E-state index is 12.0. The van der Waals surface area contributed by atoms with E-state index in [2.05, 4.69) is 30.5 Å². The van der Waals surface area contributed by atoms with Crippen molar-refractivity contribution in [2.45, 2.75) is 25.8 Å². The van der Waals surface area contributed by atoms with Crippen LogP contribution in [0.4, 0.5) is 5.82 Å². The molecule has 9 heteroatoms. The average Bonchev–Trinajstić information content (AvgIpc) is 3.27. The summed E-state index contributed by atoms with van der Waals surface area (Å²) >= 11 is 0. The predicted octanol–water partition coefficient (Wildman–Crippen LogP) is -0.400. The average molecular weight is 330 g/mol. The molecule has 2 aromatic rings. The SMILES string of the molecule is NCCn1cc(C(=O)NCCc2cc(N3CCCC3)ncn2)nn1. The molecule has 0 unspecified atom stereocenters. The largest absolute Gasteiger partial charge is 0.357 e. The lowest BCUT2D eigenvalue weighted by Crippen LogP contribution is -2.26.